The Morgan fingerprint density at radius 2 is 2.08 bits per heavy atom. The molecule has 0 aromatic carbocycles. The number of carbonyl (C=O) groups is 2. The second-order valence-corrected chi connectivity index (χ2v) is 7.08. The van der Waals surface area contributed by atoms with E-state index in [-0.39, 0.29) is 17.7 Å². The highest BCUT2D eigenvalue weighted by Gasteiger charge is 2.20. The van der Waals surface area contributed by atoms with Crippen molar-refractivity contribution in [3.8, 4) is 0 Å². The van der Waals surface area contributed by atoms with Gasteiger partial charge in [0.05, 0.1) is 17.3 Å². The number of amides is 1. The number of Topliss-reactive ketones (excluding diaryl/α,β-unsaturated/α-hetero) is 1. The van der Waals surface area contributed by atoms with Gasteiger partial charge in [0.1, 0.15) is 6.33 Å². The average Bonchev–Trinajstić information content (AvgIpc) is 3.06. The van der Waals surface area contributed by atoms with Gasteiger partial charge in [0.15, 0.2) is 10.9 Å². The van der Waals surface area contributed by atoms with Crippen LogP contribution in [-0.2, 0) is 11.8 Å². The van der Waals surface area contributed by atoms with Crippen molar-refractivity contribution in [1.82, 2.24) is 29.9 Å². The maximum absolute atomic E-state index is 12.1. The van der Waals surface area contributed by atoms with Crippen LogP contribution in [0.5, 0.6) is 0 Å². The SMILES string of the molecule is CC(=O)c1c(C)nn([C@@H](C)CC(=O)NCCSc2nncn2C)c1C. The van der Waals surface area contributed by atoms with E-state index in [1.807, 2.05) is 32.4 Å². The van der Waals surface area contributed by atoms with Crippen molar-refractivity contribution < 1.29 is 9.59 Å². The molecule has 2 aromatic heterocycles. The lowest BCUT2D eigenvalue weighted by Gasteiger charge is -2.14. The van der Waals surface area contributed by atoms with Gasteiger partial charge in [-0.15, -0.1) is 10.2 Å². The maximum Gasteiger partial charge on any atom is 0.222 e. The number of aryl methyl sites for hydroxylation is 2. The second-order valence-electron chi connectivity index (χ2n) is 6.02. The molecule has 0 radical (unpaired) electrons. The Morgan fingerprint density at radius 1 is 1.36 bits per heavy atom. The number of carbonyl (C=O) groups excluding carboxylic acids is 2. The number of nitrogens with zero attached hydrogens (tertiary/aromatic N) is 5. The van der Waals surface area contributed by atoms with Crippen molar-refractivity contribution in [2.75, 3.05) is 12.3 Å². The minimum Gasteiger partial charge on any atom is -0.355 e. The molecular formula is C16H24N6O2S. The van der Waals surface area contributed by atoms with Crippen LogP contribution in [0.25, 0.3) is 0 Å². The highest BCUT2D eigenvalue weighted by Crippen LogP contribution is 2.20. The fourth-order valence-electron chi connectivity index (χ4n) is 2.76. The molecule has 1 atom stereocenters. The van der Waals surface area contributed by atoms with Crippen LogP contribution in [0.1, 0.15) is 48.1 Å². The summed E-state index contributed by atoms with van der Waals surface area (Å²) in [5, 5.41) is 15.9. The predicted octanol–water partition coefficient (Wildman–Crippen LogP) is 1.69. The van der Waals surface area contributed by atoms with E-state index in [0.717, 1.165) is 16.6 Å². The number of rotatable bonds is 8. The Kier molecular flexibility index (Phi) is 6.35. The molecule has 0 aliphatic rings. The first-order valence-corrected chi connectivity index (χ1v) is 9.10. The Labute approximate surface area is 151 Å². The van der Waals surface area contributed by atoms with E-state index >= 15 is 0 Å². The zero-order valence-corrected chi connectivity index (χ0v) is 16.1. The van der Waals surface area contributed by atoms with Crippen molar-refractivity contribution >= 4 is 23.5 Å². The minimum atomic E-state index is -0.113. The van der Waals surface area contributed by atoms with Gasteiger partial charge in [-0.1, -0.05) is 11.8 Å². The van der Waals surface area contributed by atoms with Crippen molar-refractivity contribution in [1.29, 1.82) is 0 Å². The van der Waals surface area contributed by atoms with Gasteiger partial charge in [0.2, 0.25) is 5.91 Å². The van der Waals surface area contributed by atoms with E-state index in [9.17, 15) is 9.59 Å². The Morgan fingerprint density at radius 3 is 2.64 bits per heavy atom. The molecule has 0 spiro atoms. The van der Waals surface area contributed by atoms with Crippen LogP contribution in [0.4, 0.5) is 0 Å². The fourth-order valence-corrected chi connectivity index (χ4v) is 3.51. The summed E-state index contributed by atoms with van der Waals surface area (Å²) in [5.41, 5.74) is 2.16. The van der Waals surface area contributed by atoms with Crippen LogP contribution in [0.2, 0.25) is 0 Å². The summed E-state index contributed by atoms with van der Waals surface area (Å²) in [6.45, 7) is 7.70. The van der Waals surface area contributed by atoms with Gasteiger partial charge < -0.3 is 9.88 Å². The van der Waals surface area contributed by atoms with E-state index < -0.39 is 0 Å². The molecule has 0 fully saturated rings. The second kappa shape index (κ2) is 8.28. The molecule has 2 rings (SSSR count). The molecule has 9 heteroatoms. The topological polar surface area (TPSA) is 94.7 Å². The van der Waals surface area contributed by atoms with Crippen LogP contribution in [-0.4, -0.2) is 48.5 Å². The quantitative estimate of drug-likeness (QED) is 0.435. The summed E-state index contributed by atoms with van der Waals surface area (Å²) < 4.78 is 3.60. The summed E-state index contributed by atoms with van der Waals surface area (Å²) >= 11 is 1.54. The molecule has 2 heterocycles. The van der Waals surface area contributed by atoms with E-state index in [4.69, 9.17) is 0 Å². The molecule has 2 aromatic rings. The maximum atomic E-state index is 12.1. The fraction of sp³-hybridized carbons (Fsp3) is 0.562. The van der Waals surface area contributed by atoms with Crippen LogP contribution >= 0.6 is 11.8 Å². The van der Waals surface area contributed by atoms with Gasteiger partial charge in [0.25, 0.3) is 0 Å². The summed E-state index contributed by atoms with van der Waals surface area (Å²) in [6, 6.07) is -0.113. The molecule has 1 amide bonds. The number of hydrogen-bond donors (Lipinski definition) is 1. The Hall–Kier alpha value is -2.16. The molecule has 0 bridgehead atoms. The van der Waals surface area contributed by atoms with Crippen LogP contribution < -0.4 is 5.32 Å². The number of hydrogen-bond acceptors (Lipinski definition) is 6. The molecule has 0 aliphatic heterocycles. The number of aromatic nitrogens is 5. The van der Waals surface area contributed by atoms with E-state index in [1.165, 1.54) is 6.92 Å². The summed E-state index contributed by atoms with van der Waals surface area (Å²) in [7, 11) is 1.88. The normalized spacial score (nSPS) is 12.2. The molecule has 1 N–H and O–H groups in total. The smallest absolute Gasteiger partial charge is 0.222 e. The van der Waals surface area contributed by atoms with Gasteiger partial charge in [-0.2, -0.15) is 5.10 Å². The average molecular weight is 364 g/mol. The van der Waals surface area contributed by atoms with Gasteiger partial charge in [0, 0.05) is 31.5 Å². The summed E-state index contributed by atoms with van der Waals surface area (Å²) in [4.78, 5) is 23.8. The number of nitrogens with one attached hydrogen (secondary N) is 1. The van der Waals surface area contributed by atoms with Gasteiger partial charge >= 0.3 is 0 Å². The summed E-state index contributed by atoms with van der Waals surface area (Å²) in [5.74, 6) is 0.683. The largest absolute Gasteiger partial charge is 0.355 e. The molecule has 25 heavy (non-hydrogen) atoms. The number of thioether (sulfide) groups is 1. The van der Waals surface area contributed by atoms with E-state index in [0.29, 0.717) is 24.2 Å². The first-order chi connectivity index (χ1) is 11.8. The molecule has 0 saturated heterocycles. The third-order valence-corrected chi connectivity index (χ3v) is 4.94. The van der Waals surface area contributed by atoms with Crippen LogP contribution in [0.15, 0.2) is 11.5 Å². The molecule has 0 unspecified atom stereocenters. The lowest BCUT2D eigenvalue weighted by Crippen LogP contribution is -2.28. The molecule has 0 saturated carbocycles. The lowest BCUT2D eigenvalue weighted by molar-refractivity contribution is -0.121. The predicted molar refractivity (Wildman–Crippen MR) is 95.8 cm³/mol. The molecule has 8 nitrogen and oxygen atoms in total. The van der Waals surface area contributed by atoms with Gasteiger partial charge in [-0.05, 0) is 27.7 Å². The van der Waals surface area contributed by atoms with Crippen molar-refractivity contribution in [3.05, 3.63) is 23.3 Å². The van der Waals surface area contributed by atoms with Gasteiger partial charge in [-0.3, -0.25) is 14.3 Å². The highest BCUT2D eigenvalue weighted by atomic mass is 32.2. The third-order valence-electron chi connectivity index (χ3n) is 3.90. The molecular weight excluding hydrogens is 340 g/mol. The molecule has 0 aliphatic carbocycles. The third kappa shape index (κ3) is 4.68. The first-order valence-electron chi connectivity index (χ1n) is 8.11. The first kappa shape index (κ1) is 19.2. The number of ketones is 1. The van der Waals surface area contributed by atoms with Crippen molar-refractivity contribution in [3.63, 3.8) is 0 Å². The monoisotopic (exact) mass is 364 g/mol. The Bertz CT molecular complexity index is 767. The highest BCUT2D eigenvalue weighted by molar-refractivity contribution is 7.99. The van der Waals surface area contributed by atoms with Crippen LogP contribution in [0, 0.1) is 13.8 Å². The van der Waals surface area contributed by atoms with Gasteiger partial charge in [-0.25, -0.2) is 0 Å². The standard InChI is InChI=1S/C16H24N6O2S/c1-10(22-12(3)15(13(4)23)11(2)20-22)8-14(24)17-6-7-25-16-19-18-9-21(16)5/h9-10H,6-8H2,1-5H3,(H,17,24)/t10-/m0/s1. The van der Waals surface area contributed by atoms with Crippen molar-refractivity contribution in [2.24, 2.45) is 7.05 Å². The summed E-state index contributed by atoms with van der Waals surface area (Å²) in [6.07, 6.45) is 1.96. The molecule has 136 valence electrons. The van der Waals surface area contributed by atoms with E-state index in [1.54, 1.807) is 22.8 Å². The zero-order valence-electron chi connectivity index (χ0n) is 15.2. The zero-order chi connectivity index (χ0) is 18.6. The Balaban J connectivity index is 1.83. The lowest BCUT2D eigenvalue weighted by atomic mass is 10.1. The van der Waals surface area contributed by atoms with Crippen LogP contribution in [0.3, 0.4) is 0 Å². The van der Waals surface area contributed by atoms with E-state index in [2.05, 4.69) is 20.6 Å². The van der Waals surface area contributed by atoms with Crippen molar-refractivity contribution in [2.45, 2.75) is 45.3 Å². The minimum absolute atomic E-state index is 0.00120.